The van der Waals surface area contributed by atoms with Gasteiger partial charge in [-0.1, -0.05) is 0 Å². The summed E-state index contributed by atoms with van der Waals surface area (Å²) in [5, 5.41) is 11.8. The maximum Gasteiger partial charge on any atom is 0.417 e. The number of carboxylic acids is 1. The molecule has 114 valence electrons. The number of hydrogen-bond donors (Lipinski definition) is 3. The minimum absolute atomic E-state index is 0.00516. The van der Waals surface area contributed by atoms with Crippen molar-refractivity contribution < 1.29 is 27.9 Å². The van der Waals surface area contributed by atoms with Crippen LogP contribution >= 0.6 is 0 Å². The molecule has 5 nitrogen and oxygen atoms in total. The number of rotatable bonds is 4. The molecule has 0 spiro atoms. The van der Waals surface area contributed by atoms with Crippen LogP contribution in [0.4, 0.5) is 18.9 Å². The lowest BCUT2D eigenvalue weighted by Crippen LogP contribution is -2.52. The predicted molar refractivity (Wildman–Crippen MR) is 67.8 cm³/mol. The summed E-state index contributed by atoms with van der Waals surface area (Å²) in [6.07, 6.45) is -3.40. The molecule has 0 heterocycles. The van der Waals surface area contributed by atoms with Gasteiger partial charge in [-0.2, -0.15) is 13.2 Å². The summed E-state index contributed by atoms with van der Waals surface area (Å²) in [5.41, 5.74) is 1.85. The molecule has 0 aliphatic heterocycles. The molecular weight excluding hydrogens is 289 g/mol. The molecule has 1 fully saturated rings. The van der Waals surface area contributed by atoms with E-state index in [1.807, 2.05) is 0 Å². The van der Waals surface area contributed by atoms with Gasteiger partial charge in [0, 0.05) is 5.69 Å². The van der Waals surface area contributed by atoms with Crippen molar-refractivity contribution in [3.63, 3.8) is 0 Å². The van der Waals surface area contributed by atoms with Gasteiger partial charge in [0.2, 0.25) is 5.91 Å². The van der Waals surface area contributed by atoms with Gasteiger partial charge in [-0.15, -0.1) is 0 Å². The fourth-order valence-corrected chi connectivity index (χ4v) is 2.27. The van der Waals surface area contributed by atoms with Gasteiger partial charge < -0.3 is 16.2 Å². The molecular formula is C13H13F3N2O3. The number of benzene rings is 1. The Morgan fingerprint density at radius 2 is 1.90 bits per heavy atom. The Morgan fingerprint density at radius 1 is 1.29 bits per heavy atom. The normalized spacial score (nSPS) is 16.9. The van der Waals surface area contributed by atoms with Gasteiger partial charge in [-0.3, -0.25) is 4.79 Å². The Bertz CT molecular complexity index is 595. The van der Waals surface area contributed by atoms with Crippen molar-refractivity contribution in [2.75, 3.05) is 5.32 Å². The zero-order valence-electron chi connectivity index (χ0n) is 10.8. The van der Waals surface area contributed by atoms with Gasteiger partial charge in [-0.05, 0) is 37.5 Å². The number of hydrogen-bond acceptors (Lipinski definition) is 3. The molecule has 0 unspecified atom stereocenters. The van der Waals surface area contributed by atoms with Crippen LogP contribution in [0, 0.1) is 0 Å². The molecule has 8 heteroatoms. The van der Waals surface area contributed by atoms with Gasteiger partial charge in [0.25, 0.3) is 0 Å². The Labute approximate surface area is 117 Å². The highest BCUT2D eigenvalue weighted by Crippen LogP contribution is 2.38. The van der Waals surface area contributed by atoms with Crippen LogP contribution < -0.4 is 11.1 Å². The third-order valence-corrected chi connectivity index (χ3v) is 3.59. The van der Waals surface area contributed by atoms with Gasteiger partial charge in [0.1, 0.15) is 5.54 Å². The standard InChI is InChI=1S/C13H13F3N2O3/c14-13(15,16)9-6-7(2-3-8(9)10(17)19)18-12(11(20)21)4-1-5-12/h2-3,6,18H,1,4-5H2,(H2,17,19)(H,20,21). The number of carbonyl (C=O) groups is 2. The molecule has 1 aromatic rings. The topological polar surface area (TPSA) is 92.4 Å². The first-order valence-electron chi connectivity index (χ1n) is 6.18. The summed E-state index contributed by atoms with van der Waals surface area (Å²) in [4.78, 5) is 22.3. The lowest BCUT2D eigenvalue weighted by molar-refractivity contribution is -0.145. The van der Waals surface area contributed by atoms with Crippen molar-refractivity contribution in [2.45, 2.75) is 31.0 Å². The van der Waals surface area contributed by atoms with E-state index in [1.165, 1.54) is 6.07 Å². The van der Waals surface area contributed by atoms with Crippen LogP contribution in [-0.2, 0) is 11.0 Å². The second-order valence-electron chi connectivity index (χ2n) is 4.99. The molecule has 0 bridgehead atoms. The van der Waals surface area contributed by atoms with Crippen LogP contribution in [0.15, 0.2) is 18.2 Å². The van der Waals surface area contributed by atoms with Crippen molar-refractivity contribution in [3.05, 3.63) is 29.3 Å². The monoisotopic (exact) mass is 302 g/mol. The van der Waals surface area contributed by atoms with Gasteiger partial charge in [0.15, 0.2) is 0 Å². The third-order valence-electron chi connectivity index (χ3n) is 3.59. The number of amides is 1. The molecule has 4 N–H and O–H groups in total. The van der Waals surface area contributed by atoms with Crippen LogP contribution in [0.5, 0.6) is 0 Å². The second kappa shape index (κ2) is 4.94. The number of nitrogens with one attached hydrogen (secondary N) is 1. The average molecular weight is 302 g/mol. The van der Waals surface area contributed by atoms with E-state index < -0.39 is 34.7 Å². The van der Waals surface area contributed by atoms with Crippen LogP contribution in [0.2, 0.25) is 0 Å². The molecule has 0 atom stereocenters. The highest BCUT2D eigenvalue weighted by Gasteiger charge is 2.45. The number of nitrogens with two attached hydrogens (primary N) is 1. The zero-order chi connectivity index (χ0) is 15.8. The maximum atomic E-state index is 12.9. The molecule has 1 aliphatic carbocycles. The van der Waals surface area contributed by atoms with E-state index in [-0.39, 0.29) is 5.69 Å². The molecule has 2 rings (SSSR count). The second-order valence-corrected chi connectivity index (χ2v) is 4.99. The summed E-state index contributed by atoms with van der Waals surface area (Å²) in [6, 6.07) is 2.88. The smallest absolute Gasteiger partial charge is 0.417 e. The Hall–Kier alpha value is -2.25. The summed E-state index contributed by atoms with van der Waals surface area (Å²) in [5.74, 6) is -2.30. The minimum atomic E-state index is -4.75. The number of primary amides is 1. The first kappa shape index (κ1) is 15.1. The summed E-state index contributed by atoms with van der Waals surface area (Å²) >= 11 is 0. The summed E-state index contributed by atoms with van der Waals surface area (Å²) < 4.78 is 38.8. The van der Waals surface area contributed by atoms with Crippen LogP contribution in [-0.4, -0.2) is 22.5 Å². The van der Waals surface area contributed by atoms with Gasteiger partial charge in [0.05, 0.1) is 11.1 Å². The van der Waals surface area contributed by atoms with E-state index >= 15 is 0 Å². The summed E-state index contributed by atoms with van der Waals surface area (Å²) in [6.45, 7) is 0. The van der Waals surface area contributed by atoms with Crippen LogP contribution in [0.25, 0.3) is 0 Å². The van der Waals surface area contributed by atoms with E-state index in [2.05, 4.69) is 5.32 Å². The van der Waals surface area contributed by atoms with Gasteiger partial charge >= 0.3 is 12.1 Å². The predicted octanol–water partition coefficient (Wildman–Crippen LogP) is 2.22. The maximum absolute atomic E-state index is 12.9. The Kier molecular flexibility index (Phi) is 3.56. The average Bonchev–Trinajstić information content (AvgIpc) is 2.31. The molecule has 0 saturated heterocycles. The first-order valence-corrected chi connectivity index (χ1v) is 6.18. The fourth-order valence-electron chi connectivity index (χ4n) is 2.27. The number of alkyl halides is 3. The van der Waals surface area contributed by atoms with E-state index in [1.54, 1.807) is 0 Å². The number of halogens is 3. The van der Waals surface area contributed by atoms with Crippen molar-refractivity contribution >= 4 is 17.6 Å². The number of carboxylic acid groups (broad SMARTS) is 1. The first-order chi connectivity index (χ1) is 9.66. The molecule has 21 heavy (non-hydrogen) atoms. The number of anilines is 1. The molecule has 1 amide bonds. The van der Waals surface area contributed by atoms with E-state index in [0.717, 1.165) is 6.07 Å². The third kappa shape index (κ3) is 2.79. The lowest BCUT2D eigenvalue weighted by atomic mass is 9.76. The molecule has 1 saturated carbocycles. The number of carbonyl (C=O) groups excluding carboxylic acids is 1. The molecule has 1 aliphatic rings. The van der Waals surface area contributed by atoms with Crippen molar-refractivity contribution in [1.82, 2.24) is 0 Å². The van der Waals surface area contributed by atoms with Crippen molar-refractivity contribution in [3.8, 4) is 0 Å². The quantitative estimate of drug-likeness (QED) is 0.795. The molecule has 1 aromatic carbocycles. The molecule has 0 radical (unpaired) electrons. The summed E-state index contributed by atoms with van der Waals surface area (Å²) in [7, 11) is 0. The van der Waals surface area contributed by atoms with Crippen molar-refractivity contribution in [2.24, 2.45) is 5.73 Å². The van der Waals surface area contributed by atoms with Crippen molar-refractivity contribution in [1.29, 1.82) is 0 Å². The van der Waals surface area contributed by atoms with Gasteiger partial charge in [-0.25, -0.2) is 4.79 Å². The Balaban J connectivity index is 2.39. The Morgan fingerprint density at radius 3 is 2.29 bits per heavy atom. The van der Waals surface area contributed by atoms with E-state index in [0.29, 0.717) is 25.3 Å². The zero-order valence-corrected chi connectivity index (χ0v) is 10.8. The molecule has 0 aromatic heterocycles. The number of aliphatic carboxylic acids is 1. The highest BCUT2D eigenvalue weighted by atomic mass is 19.4. The SMILES string of the molecule is NC(=O)c1ccc(NC2(C(=O)O)CCC2)cc1C(F)(F)F. The van der Waals surface area contributed by atoms with E-state index in [4.69, 9.17) is 10.8 Å². The minimum Gasteiger partial charge on any atom is -0.480 e. The van der Waals surface area contributed by atoms with E-state index in [9.17, 15) is 22.8 Å². The lowest BCUT2D eigenvalue weighted by Gasteiger charge is -2.39. The van der Waals surface area contributed by atoms with Crippen LogP contribution in [0.3, 0.4) is 0 Å². The van der Waals surface area contributed by atoms with Crippen LogP contribution in [0.1, 0.15) is 35.2 Å². The highest BCUT2D eigenvalue weighted by molar-refractivity contribution is 5.95. The largest absolute Gasteiger partial charge is 0.480 e. The fraction of sp³-hybridized carbons (Fsp3) is 0.385.